The van der Waals surface area contributed by atoms with Crippen molar-refractivity contribution in [3.8, 4) is 0 Å². The normalized spacial score (nSPS) is 22.9. The molecule has 20 heavy (non-hydrogen) atoms. The van der Waals surface area contributed by atoms with Gasteiger partial charge in [-0.05, 0) is 44.0 Å². The van der Waals surface area contributed by atoms with Crippen molar-refractivity contribution in [2.45, 2.75) is 39.8 Å². The van der Waals surface area contributed by atoms with E-state index in [9.17, 15) is 0 Å². The number of hydrogen-bond donors (Lipinski definition) is 1. The van der Waals surface area contributed by atoms with Crippen molar-refractivity contribution in [1.82, 2.24) is 9.80 Å². The summed E-state index contributed by atoms with van der Waals surface area (Å²) < 4.78 is 0. The Morgan fingerprint density at radius 2 is 2.00 bits per heavy atom. The molecule has 1 aliphatic heterocycles. The van der Waals surface area contributed by atoms with Gasteiger partial charge in [0.1, 0.15) is 0 Å². The van der Waals surface area contributed by atoms with E-state index in [0.717, 1.165) is 26.2 Å². The molecule has 2 atom stereocenters. The highest BCUT2D eigenvalue weighted by Crippen LogP contribution is 2.24. The van der Waals surface area contributed by atoms with Crippen LogP contribution in [0.2, 0.25) is 0 Å². The number of rotatable bonds is 4. The Morgan fingerprint density at radius 3 is 2.55 bits per heavy atom. The SMILES string of the molecule is CCN1CCN(C(CN)c2ccc(C)c(C)c2)CC1C. The van der Waals surface area contributed by atoms with Crippen molar-refractivity contribution in [3.63, 3.8) is 0 Å². The lowest BCUT2D eigenvalue weighted by Gasteiger charge is -2.43. The van der Waals surface area contributed by atoms with Gasteiger partial charge >= 0.3 is 0 Å². The molecule has 1 heterocycles. The number of nitrogens with two attached hydrogens (primary N) is 1. The van der Waals surface area contributed by atoms with Gasteiger partial charge in [-0.2, -0.15) is 0 Å². The number of nitrogens with zero attached hydrogens (tertiary/aromatic N) is 2. The molecule has 3 nitrogen and oxygen atoms in total. The first-order chi connectivity index (χ1) is 9.56. The van der Waals surface area contributed by atoms with E-state index >= 15 is 0 Å². The fourth-order valence-corrected chi connectivity index (χ4v) is 3.24. The van der Waals surface area contributed by atoms with E-state index in [1.165, 1.54) is 16.7 Å². The molecule has 1 aliphatic rings. The molecular formula is C17H29N3. The molecule has 0 aromatic heterocycles. The second kappa shape index (κ2) is 6.70. The first-order valence-electron chi connectivity index (χ1n) is 7.82. The van der Waals surface area contributed by atoms with E-state index in [1.807, 2.05) is 0 Å². The minimum Gasteiger partial charge on any atom is -0.329 e. The maximum Gasteiger partial charge on any atom is 0.0471 e. The Labute approximate surface area is 123 Å². The van der Waals surface area contributed by atoms with Gasteiger partial charge in [0.05, 0.1) is 0 Å². The number of benzene rings is 1. The maximum absolute atomic E-state index is 6.08. The van der Waals surface area contributed by atoms with Crippen molar-refractivity contribution >= 4 is 0 Å². The second-order valence-corrected chi connectivity index (χ2v) is 6.07. The average Bonchev–Trinajstić information content (AvgIpc) is 2.44. The molecule has 112 valence electrons. The highest BCUT2D eigenvalue weighted by molar-refractivity contribution is 5.32. The summed E-state index contributed by atoms with van der Waals surface area (Å²) >= 11 is 0. The van der Waals surface area contributed by atoms with Gasteiger partial charge in [0.15, 0.2) is 0 Å². The Balaban J connectivity index is 2.14. The quantitative estimate of drug-likeness (QED) is 0.915. The highest BCUT2D eigenvalue weighted by atomic mass is 15.3. The third kappa shape index (κ3) is 3.22. The zero-order chi connectivity index (χ0) is 14.7. The second-order valence-electron chi connectivity index (χ2n) is 6.07. The van der Waals surface area contributed by atoms with Crippen molar-refractivity contribution < 1.29 is 0 Å². The van der Waals surface area contributed by atoms with Crippen molar-refractivity contribution in [1.29, 1.82) is 0 Å². The largest absolute Gasteiger partial charge is 0.329 e. The molecule has 3 heteroatoms. The van der Waals surface area contributed by atoms with Crippen LogP contribution in [0.3, 0.4) is 0 Å². The third-order valence-electron chi connectivity index (χ3n) is 4.78. The first kappa shape index (κ1) is 15.5. The molecule has 0 spiro atoms. The summed E-state index contributed by atoms with van der Waals surface area (Å²) in [4.78, 5) is 5.10. The van der Waals surface area contributed by atoms with Crippen LogP contribution in [0.4, 0.5) is 0 Å². The molecule has 0 radical (unpaired) electrons. The molecule has 1 aromatic rings. The number of piperazine rings is 1. The van der Waals surface area contributed by atoms with Crippen molar-refractivity contribution in [2.24, 2.45) is 5.73 Å². The van der Waals surface area contributed by atoms with Crippen LogP contribution in [0, 0.1) is 13.8 Å². The predicted octanol–water partition coefficient (Wildman–Crippen LogP) is 2.33. The van der Waals surface area contributed by atoms with E-state index in [1.54, 1.807) is 0 Å². The number of aryl methyl sites for hydroxylation is 2. The lowest BCUT2D eigenvalue weighted by molar-refractivity contribution is 0.0606. The van der Waals surface area contributed by atoms with Crippen LogP contribution in [-0.4, -0.2) is 48.6 Å². The fourth-order valence-electron chi connectivity index (χ4n) is 3.24. The van der Waals surface area contributed by atoms with Crippen LogP contribution < -0.4 is 5.73 Å². The molecular weight excluding hydrogens is 246 g/mol. The van der Waals surface area contributed by atoms with Gasteiger partial charge in [0.2, 0.25) is 0 Å². The zero-order valence-corrected chi connectivity index (χ0v) is 13.4. The van der Waals surface area contributed by atoms with E-state index in [2.05, 4.69) is 55.7 Å². The molecule has 2 unspecified atom stereocenters. The summed E-state index contributed by atoms with van der Waals surface area (Å²) in [6.45, 7) is 14.1. The Kier molecular flexibility index (Phi) is 5.19. The van der Waals surface area contributed by atoms with E-state index in [4.69, 9.17) is 5.73 Å². The van der Waals surface area contributed by atoms with Crippen molar-refractivity contribution in [2.75, 3.05) is 32.7 Å². The molecule has 0 amide bonds. The first-order valence-corrected chi connectivity index (χ1v) is 7.82. The summed E-state index contributed by atoms with van der Waals surface area (Å²) in [7, 11) is 0. The van der Waals surface area contributed by atoms with Crippen LogP contribution in [0.5, 0.6) is 0 Å². The third-order valence-corrected chi connectivity index (χ3v) is 4.78. The Hall–Kier alpha value is -0.900. The van der Waals surface area contributed by atoms with Crippen LogP contribution in [0.25, 0.3) is 0 Å². The molecule has 2 rings (SSSR count). The molecule has 0 bridgehead atoms. The fraction of sp³-hybridized carbons (Fsp3) is 0.647. The predicted molar refractivity (Wildman–Crippen MR) is 86.0 cm³/mol. The molecule has 2 N–H and O–H groups in total. The smallest absolute Gasteiger partial charge is 0.0471 e. The van der Waals surface area contributed by atoms with E-state index in [0.29, 0.717) is 18.6 Å². The van der Waals surface area contributed by atoms with Gasteiger partial charge < -0.3 is 5.73 Å². The van der Waals surface area contributed by atoms with Gasteiger partial charge in [0, 0.05) is 38.3 Å². The Bertz CT molecular complexity index is 444. The maximum atomic E-state index is 6.08. The van der Waals surface area contributed by atoms with E-state index < -0.39 is 0 Å². The van der Waals surface area contributed by atoms with Crippen LogP contribution in [0.15, 0.2) is 18.2 Å². The summed E-state index contributed by atoms with van der Waals surface area (Å²) in [6, 6.07) is 7.75. The zero-order valence-electron chi connectivity index (χ0n) is 13.4. The average molecular weight is 275 g/mol. The van der Waals surface area contributed by atoms with Gasteiger partial charge in [-0.15, -0.1) is 0 Å². The number of hydrogen-bond acceptors (Lipinski definition) is 3. The summed E-state index contributed by atoms with van der Waals surface area (Å²) in [5.74, 6) is 0. The monoisotopic (exact) mass is 275 g/mol. The van der Waals surface area contributed by atoms with Gasteiger partial charge in [0.25, 0.3) is 0 Å². The molecule has 1 fully saturated rings. The highest BCUT2D eigenvalue weighted by Gasteiger charge is 2.27. The molecule has 1 aromatic carbocycles. The lowest BCUT2D eigenvalue weighted by atomic mass is 9.98. The minimum absolute atomic E-state index is 0.357. The topological polar surface area (TPSA) is 32.5 Å². The van der Waals surface area contributed by atoms with Crippen LogP contribution in [0.1, 0.15) is 36.6 Å². The van der Waals surface area contributed by atoms with Crippen molar-refractivity contribution in [3.05, 3.63) is 34.9 Å². The molecule has 0 saturated carbocycles. The molecule has 0 aliphatic carbocycles. The van der Waals surface area contributed by atoms with Gasteiger partial charge in [-0.25, -0.2) is 0 Å². The van der Waals surface area contributed by atoms with Gasteiger partial charge in [-0.1, -0.05) is 25.1 Å². The van der Waals surface area contributed by atoms with Crippen LogP contribution >= 0.6 is 0 Å². The minimum atomic E-state index is 0.357. The summed E-state index contributed by atoms with van der Waals surface area (Å²) in [5, 5.41) is 0. The molecule has 1 saturated heterocycles. The number of likely N-dealkylation sites (N-methyl/N-ethyl adjacent to an activating group) is 1. The summed E-state index contributed by atoms with van der Waals surface area (Å²) in [6.07, 6.45) is 0. The Morgan fingerprint density at radius 1 is 1.25 bits per heavy atom. The van der Waals surface area contributed by atoms with Gasteiger partial charge in [-0.3, -0.25) is 9.80 Å². The van der Waals surface area contributed by atoms with Crippen LogP contribution in [-0.2, 0) is 0 Å². The van der Waals surface area contributed by atoms with E-state index in [-0.39, 0.29) is 0 Å². The standard InChI is InChI=1S/C17H29N3/c1-5-19-8-9-20(12-15(19)4)17(11-18)16-7-6-13(2)14(3)10-16/h6-7,10,15,17H,5,8-9,11-12,18H2,1-4H3. The summed E-state index contributed by atoms with van der Waals surface area (Å²) in [5.41, 5.74) is 10.2. The lowest BCUT2D eigenvalue weighted by Crippen LogP contribution is -2.53.